The molecule has 2 N–H and O–H groups in total. The van der Waals surface area contributed by atoms with Crippen LogP contribution in [0.2, 0.25) is 0 Å². The van der Waals surface area contributed by atoms with Gasteiger partial charge in [0.05, 0.1) is 11.6 Å². The molecule has 0 saturated carbocycles. The number of amides is 1. The van der Waals surface area contributed by atoms with Crippen molar-refractivity contribution in [1.82, 2.24) is 9.88 Å². The first-order valence-electron chi connectivity index (χ1n) is 9.73. The third kappa shape index (κ3) is 3.22. The summed E-state index contributed by atoms with van der Waals surface area (Å²) < 4.78 is 1.76. The van der Waals surface area contributed by atoms with Crippen molar-refractivity contribution in [1.29, 1.82) is 0 Å². The molecule has 1 aliphatic heterocycles. The standard InChI is InChI=1S/C23H25N3O2/c1-14-6-4-7-15(2)21(14)23(28)26-16(3)12-17-13-18(9-10-20(17)26)25-22(27)19-8-5-11-24-19/h4,6-7,9-10,12-13,19,24H,5,8,11H2,1-3H3,(H,25,27)/t19-/m1/s1. The van der Waals surface area contributed by atoms with Gasteiger partial charge >= 0.3 is 0 Å². The minimum absolute atomic E-state index is 0.000355. The molecule has 1 atom stereocenters. The Kier molecular flexibility index (Phi) is 4.77. The maximum Gasteiger partial charge on any atom is 0.263 e. The van der Waals surface area contributed by atoms with Crippen molar-refractivity contribution in [2.45, 2.75) is 39.7 Å². The van der Waals surface area contributed by atoms with E-state index < -0.39 is 0 Å². The van der Waals surface area contributed by atoms with Crippen molar-refractivity contribution in [3.05, 3.63) is 64.8 Å². The van der Waals surface area contributed by atoms with E-state index in [0.717, 1.165) is 58.4 Å². The van der Waals surface area contributed by atoms with Crippen LogP contribution >= 0.6 is 0 Å². The summed E-state index contributed by atoms with van der Waals surface area (Å²) in [5, 5.41) is 7.14. The molecular formula is C23H25N3O2. The Morgan fingerprint density at radius 1 is 1.07 bits per heavy atom. The number of carbonyl (C=O) groups excluding carboxylic acids is 2. The fraction of sp³-hybridized carbons (Fsp3) is 0.304. The van der Waals surface area contributed by atoms with E-state index in [4.69, 9.17) is 0 Å². The van der Waals surface area contributed by atoms with Crippen LogP contribution in [0.5, 0.6) is 0 Å². The van der Waals surface area contributed by atoms with E-state index in [9.17, 15) is 9.59 Å². The number of hydrogen-bond donors (Lipinski definition) is 2. The van der Waals surface area contributed by atoms with E-state index >= 15 is 0 Å². The molecule has 0 spiro atoms. The number of rotatable bonds is 3. The molecule has 28 heavy (non-hydrogen) atoms. The largest absolute Gasteiger partial charge is 0.325 e. The van der Waals surface area contributed by atoms with Crippen molar-refractivity contribution in [3.63, 3.8) is 0 Å². The quantitative estimate of drug-likeness (QED) is 0.729. The topological polar surface area (TPSA) is 63.1 Å². The van der Waals surface area contributed by atoms with Gasteiger partial charge in [0, 0.05) is 22.3 Å². The molecule has 144 valence electrons. The van der Waals surface area contributed by atoms with Crippen molar-refractivity contribution in [2.75, 3.05) is 11.9 Å². The van der Waals surface area contributed by atoms with Crippen molar-refractivity contribution in [2.24, 2.45) is 0 Å². The molecular weight excluding hydrogens is 350 g/mol. The molecule has 5 heteroatoms. The van der Waals surface area contributed by atoms with Crippen LogP contribution in [0.4, 0.5) is 5.69 Å². The number of benzene rings is 2. The second-order valence-electron chi connectivity index (χ2n) is 7.60. The monoisotopic (exact) mass is 375 g/mol. The Balaban J connectivity index is 1.68. The fourth-order valence-electron chi connectivity index (χ4n) is 4.10. The first kappa shape index (κ1) is 18.4. The lowest BCUT2D eigenvalue weighted by Crippen LogP contribution is -2.35. The molecule has 0 unspecified atom stereocenters. The van der Waals surface area contributed by atoms with Gasteiger partial charge in [-0.25, -0.2) is 0 Å². The van der Waals surface area contributed by atoms with Gasteiger partial charge in [0.15, 0.2) is 0 Å². The minimum atomic E-state index is -0.118. The average Bonchev–Trinajstić information content (AvgIpc) is 3.28. The molecule has 1 aromatic heterocycles. The van der Waals surface area contributed by atoms with Gasteiger partial charge in [-0.2, -0.15) is 0 Å². The number of hydrogen-bond acceptors (Lipinski definition) is 3. The third-order valence-electron chi connectivity index (χ3n) is 5.53. The maximum atomic E-state index is 13.3. The number of nitrogens with one attached hydrogen (secondary N) is 2. The fourth-order valence-corrected chi connectivity index (χ4v) is 4.10. The van der Waals surface area contributed by atoms with Crippen LogP contribution in [0.15, 0.2) is 42.5 Å². The Morgan fingerprint density at radius 2 is 1.82 bits per heavy atom. The second kappa shape index (κ2) is 7.24. The van der Waals surface area contributed by atoms with Crippen LogP contribution in [-0.2, 0) is 4.79 Å². The number of aryl methyl sites for hydroxylation is 3. The van der Waals surface area contributed by atoms with E-state index in [1.54, 1.807) is 4.57 Å². The van der Waals surface area contributed by atoms with E-state index in [-0.39, 0.29) is 17.9 Å². The molecule has 1 saturated heterocycles. The van der Waals surface area contributed by atoms with Gasteiger partial charge in [0.1, 0.15) is 0 Å². The summed E-state index contributed by atoms with van der Waals surface area (Å²) in [5.41, 5.74) is 5.17. The average molecular weight is 375 g/mol. The molecule has 2 aromatic carbocycles. The minimum Gasteiger partial charge on any atom is -0.325 e. The van der Waals surface area contributed by atoms with Gasteiger partial charge in [-0.3, -0.25) is 14.2 Å². The molecule has 0 radical (unpaired) electrons. The summed E-state index contributed by atoms with van der Waals surface area (Å²) in [7, 11) is 0. The number of fused-ring (bicyclic) bond motifs is 1. The molecule has 2 heterocycles. The molecule has 1 fully saturated rings. The van der Waals surface area contributed by atoms with Gasteiger partial charge in [-0.1, -0.05) is 18.2 Å². The zero-order valence-electron chi connectivity index (χ0n) is 16.5. The van der Waals surface area contributed by atoms with E-state index in [1.165, 1.54) is 0 Å². The Morgan fingerprint density at radius 3 is 2.50 bits per heavy atom. The van der Waals surface area contributed by atoms with Crippen molar-refractivity contribution in [3.8, 4) is 0 Å². The maximum absolute atomic E-state index is 13.3. The Bertz CT molecular complexity index is 1050. The number of carbonyl (C=O) groups is 2. The van der Waals surface area contributed by atoms with Gasteiger partial charge in [-0.15, -0.1) is 0 Å². The molecule has 5 nitrogen and oxygen atoms in total. The van der Waals surface area contributed by atoms with E-state index in [0.29, 0.717) is 0 Å². The zero-order valence-corrected chi connectivity index (χ0v) is 16.5. The molecule has 3 aromatic rings. The highest BCUT2D eigenvalue weighted by Crippen LogP contribution is 2.26. The molecule has 4 rings (SSSR count). The van der Waals surface area contributed by atoms with Crippen LogP contribution in [0, 0.1) is 20.8 Å². The zero-order chi connectivity index (χ0) is 19.8. The molecule has 1 aliphatic rings. The number of nitrogens with zero attached hydrogens (tertiary/aromatic N) is 1. The summed E-state index contributed by atoms with van der Waals surface area (Å²) >= 11 is 0. The summed E-state index contributed by atoms with van der Waals surface area (Å²) in [6, 6.07) is 13.5. The van der Waals surface area contributed by atoms with E-state index in [1.807, 2.05) is 63.2 Å². The normalized spacial score (nSPS) is 16.5. The number of anilines is 1. The first-order valence-corrected chi connectivity index (χ1v) is 9.73. The van der Waals surface area contributed by atoms with E-state index in [2.05, 4.69) is 10.6 Å². The van der Waals surface area contributed by atoms with Crippen molar-refractivity contribution < 1.29 is 9.59 Å². The van der Waals surface area contributed by atoms with Gasteiger partial charge in [0.25, 0.3) is 5.91 Å². The van der Waals surface area contributed by atoms with Crippen molar-refractivity contribution >= 4 is 28.4 Å². The van der Waals surface area contributed by atoms with Crippen LogP contribution < -0.4 is 10.6 Å². The van der Waals surface area contributed by atoms with Crippen LogP contribution in [0.25, 0.3) is 10.9 Å². The lowest BCUT2D eigenvalue weighted by molar-refractivity contribution is -0.117. The second-order valence-corrected chi connectivity index (χ2v) is 7.60. The van der Waals surface area contributed by atoms with Gasteiger partial charge in [0.2, 0.25) is 5.91 Å². The Hall–Kier alpha value is -2.92. The summed E-state index contributed by atoms with van der Waals surface area (Å²) in [4.78, 5) is 25.7. The predicted octanol–water partition coefficient (Wildman–Crippen LogP) is 3.95. The third-order valence-corrected chi connectivity index (χ3v) is 5.53. The lowest BCUT2D eigenvalue weighted by atomic mass is 10.0. The summed E-state index contributed by atoms with van der Waals surface area (Å²) in [5.74, 6) is -0.0188. The van der Waals surface area contributed by atoms with Gasteiger partial charge in [-0.05, 0) is 75.5 Å². The highest BCUT2D eigenvalue weighted by Gasteiger charge is 2.22. The highest BCUT2D eigenvalue weighted by atomic mass is 16.2. The first-order chi connectivity index (χ1) is 13.5. The van der Waals surface area contributed by atoms with Crippen LogP contribution in [0.3, 0.4) is 0 Å². The molecule has 0 bridgehead atoms. The molecule has 0 aliphatic carbocycles. The number of aromatic nitrogens is 1. The van der Waals surface area contributed by atoms with Gasteiger partial charge < -0.3 is 10.6 Å². The smallest absolute Gasteiger partial charge is 0.263 e. The highest BCUT2D eigenvalue weighted by molar-refractivity contribution is 6.05. The Labute approximate surface area is 164 Å². The SMILES string of the molecule is Cc1cccc(C)c1C(=O)n1c(C)cc2cc(NC(=O)[C@H]3CCCN3)ccc21. The molecule has 1 amide bonds. The van der Waals surface area contributed by atoms with Crippen LogP contribution in [-0.4, -0.2) is 29.0 Å². The summed E-state index contributed by atoms with van der Waals surface area (Å²) in [6.45, 7) is 6.75. The lowest BCUT2D eigenvalue weighted by Gasteiger charge is -2.13. The van der Waals surface area contributed by atoms with Crippen LogP contribution in [0.1, 0.15) is 40.0 Å². The predicted molar refractivity (Wildman–Crippen MR) is 112 cm³/mol. The summed E-state index contributed by atoms with van der Waals surface area (Å²) in [6.07, 6.45) is 1.90.